The van der Waals surface area contributed by atoms with E-state index in [-0.39, 0.29) is 5.91 Å². The van der Waals surface area contributed by atoms with Crippen molar-refractivity contribution >= 4 is 29.2 Å². The summed E-state index contributed by atoms with van der Waals surface area (Å²) < 4.78 is 10.9. The zero-order chi connectivity index (χ0) is 20.8. The number of aryl methyl sites for hydroxylation is 1. The third-order valence-electron chi connectivity index (χ3n) is 4.14. The van der Waals surface area contributed by atoms with E-state index in [9.17, 15) is 9.59 Å². The molecule has 3 aromatic rings. The maximum Gasteiger partial charge on any atom is 0.352 e. The topological polar surface area (TPSA) is 64.6 Å². The van der Waals surface area contributed by atoms with Gasteiger partial charge in [-0.2, -0.15) is 0 Å². The number of hydrogen-bond donors (Lipinski definition) is 1. The van der Waals surface area contributed by atoms with E-state index in [4.69, 9.17) is 21.1 Å². The van der Waals surface area contributed by atoms with Gasteiger partial charge in [-0.3, -0.25) is 4.79 Å². The Hall–Kier alpha value is -3.31. The Balaban J connectivity index is 1.57. The van der Waals surface area contributed by atoms with Crippen molar-refractivity contribution < 1.29 is 19.1 Å². The monoisotopic (exact) mass is 409 g/mol. The van der Waals surface area contributed by atoms with Crippen molar-refractivity contribution in [3.05, 3.63) is 88.9 Å². The molecule has 0 saturated carbocycles. The molecule has 0 heterocycles. The van der Waals surface area contributed by atoms with Gasteiger partial charge in [0.25, 0.3) is 5.91 Å². The Labute approximate surface area is 174 Å². The number of ether oxygens (including phenoxy) is 2. The first kappa shape index (κ1) is 20.4. The molecule has 0 fully saturated rings. The summed E-state index contributed by atoms with van der Waals surface area (Å²) in [6.45, 7) is 3.46. The van der Waals surface area contributed by atoms with Gasteiger partial charge >= 0.3 is 5.97 Å². The van der Waals surface area contributed by atoms with Crippen LogP contribution in [0.1, 0.15) is 22.8 Å². The molecule has 0 aliphatic carbocycles. The zero-order valence-corrected chi connectivity index (χ0v) is 16.8. The fourth-order valence-electron chi connectivity index (χ4n) is 2.54. The Kier molecular flexibility index (Phi) is 6.52. The molecule has 0 aromatic heterocycles. The Morgan fingerprint density at radius 2 is 1.59 bits per heavy atom. The van der Waals surface area contributed by atoms with Crippen LogP contribution < -0.4 is 14.8 Å². The minimum absolute atomic E-state index is 0.246. The van der Waals surface area contributed by atoms with Crippen molar-refractivity contribution in [2.24, 2.45) is 0 Å². The average Bonchev–Trinajstić information content (AvgIpc) is 2.72. The van der Waals surface area contributed by atoms with Crippen molar-refractivity contribution in [1.82, 2.24) is 0 Å². The minimum atomic E-state index is -0.809. The number of carbonyl (C=O) groups is 2. The van der Waals surface area contributed by atoms with E-state index >= 15 is 0 Å². The van der Waals surface area contributed by atoms with Gasteiger partial charge in [0.15, 0.2) is 6.10 Å². The van der Waals surface area contributed by atoms with Gasteiger partial charge in [-0.05, 0) is 74.0 Å². The molecule has 5 nitrogen and oxygen atoms in total. The van der Waals surface area contributed by atoms with E-state index in [0.717, 1.165) is 5.56 Å². The molecular weight excluding hydrogens is 390 g/mol. The normalized spacial score (nSPS) is 11.4. The standard InChI is InChI=1S/C23H20ClNO4/c1-15-14-20(12-13-21(15)24)28-16(2)23(27)29-19-10-8-17(9-11-19)22(26)25-18-6-4-3-5-7-18/h3-14,16H,1-2H3,(H,25,26). The Morgan fingerprint density at radius 3 is 2.24 bits per heavy atom. The summed E-state index contributed by atoms with van der Waals surface area (Å²) in [5.74, 6) is 0.0706. The fraction of sp³-hybridized carbons (Fsp3) is 0.130. The summed E-state index contributed by atoms with van der Waals surface area (Å²) >= 11 is 5.99. The first-order chi connectivity index (χ1) is 13.9. The van der Waals surface area contributed by atoms with E-state index in [1.54, 1.807) is 61.5 Å². The van der Waals surface area contributed by atoms with Crippen molar-refractivity contribution in [2.75, 3.05) is 5.32 Å². The number of carbonyl (C=O) groups excluding carboxylic acids is 2. The third kappa shape index (κ3) is 5.59. The number of rotatable bonds is 6. The number of para-hydroxylation sites is 1. The number of hydrogen-bond acceptors (Lipinski definition) is 4. The number of amides is 1. The van der Waals surface area contributed by atoms with Gasteiger partial charge in [0.1, 0.15) is 11.5 Å². The van der Waals surface area contributed by atoms with E-state index in [1.807, 2.05) is 25.1 Å². The van der Waals surface area contributed by atoms with Crippen molar-refractivity contribution in [3.8, 4) is 11.5 Å². The van der Waals surface area contributed by atoms with Crippen LogP contribution in [0.5, 0.6) is 11.5 Å². The molecule has 148 valence electrons. The lowest BCUT2D eigenvalue weighted by molar-refractivity contribution is -0.141. The molecule has 0 aliphatic heterocycles. The van der Waals surface area contributed by atoms with Crippen molar-refractivity contribution in [2.45, 2.75) is 20.0 Å². The van der Waals surface area contributed by atoms with Gasteiger partial charge in [0, 0.05) is 16.3 Å². The molecule has 1 atom stereocenters. The van der Waals surface area contributed by atoms with Crippen LogP contribution >= 0.6 is 11.6 Å². The second-order valence-electron chi connectivity index (χ2n) is 6.44. The number of esters is 1. The lowest BCUT2D eigenvalue weighted by Gasteiger charge is -2.14. The molecule has 0 bridgehead atoms. The largest absolute Gasteiger partial charge is 0.479 e. The summed E-state index contributed by atoms with van der Waals surface area (Å²) in [5, 5.41) is 3.43. The van der Waals surface area contributed by atoms with Gasteiger partial charge in [-0.1, -0.05) is 29.8 Å². The number of halogens is 1. The van der Waals surface area contributed by atoms with E-state index in [1.165, 1.54) is 0 Å². The lowest BCUT2D eigenvalue weighted by Crippen LogP contribution is -2.28. The van der Waals surface area contributed by atoms with Gasteiger partial charge < -0.3 is 14.8 Å². The van der Waals surface area contributed by atoms with Crippen LogP contribution in [0.15, 0.2) is 72.8 Å². The molecular formula is C23H20ClNO4. The van der Waals surface area contributed by atoms with E-state index in [0.29, 0.717) is 27.8 Å². The molecule has 0 spiro atoms. The molecule has 1 amide bonds. The SMILES string of the molecule is Cc1cc(OC(C)C(=O)Oc2ccc(C(=O)Nc3ccccc3)cc2)ccc1Cl. The zero-order valence-electron chi connectivity index (χ0n) is 16.0. The summed E-state index contributed by atoms with van der Waals surface area (Å²) in [4.78, 5) is 24.5. The van der Waals surface area contributed by atoms with E-state index < -0.39 is 12.1 Å². The van der Waals surface area contributed by atoms with Crippen LogP contribution in [0.25, 0.3) is 0 Å². The third-order valence-corrected chi connectivity index (χ3v) is 4.56. The number of nitrogens with one attached hydrogen (secondary N) is 1. The Bertz CT molecular complexity index is 1000. The maximum atomic E-state index is 12.3. The highest BCUT2D eigenvalue weighted by Gasteiger charge is 2.18. The molecule has 3 rings (SSSR count). The molecule has 6 heteroatoms. The van der Waals surface area contributed by atoms with Crippen LogP contribution in [-0.4, -0.2) is 18.0 Å². The predicted octanol–water partition coefficient (Wildman–Crippen LogP) is 5.27. The molecule has 0 radical (unpaired) electrons. The maximum absolute atomic E-state index is 12.3. The van der Waals surface area contributed by atoms with Gasteiger partial charge in [-0.25, -0.2) is 4.79 Å². The van der Waals surface area contributed by atoms with Crippen molar-refractivity contribution in [3.63, 3.8) is 0 Å². The highest BCUT2D eigenvalue weighted by Crippen LogP contribution is 2.22. The molecule has 0 aliphatic rings. The van der Waals surface area contributed by atoms with Gasteiger partial charge in [0.05, 0.1) is 0 Å². The molecule has 0 saturated heterocycles. The highest BCUT2D eigenvalue weighted by atomic mass is 35.5. The summed E-state index contributed by atoms with van der Waals surface area (Å²) in [5.41, 5.74) is 2.01. The number of benzene rings is 3. The second kappa shape index (κ2) is 9.26. The Morgan fingerprint density at radius 1 is 0.931 bits per heavy atom. The lowest BCUT2D eigenvalue weighted by atomic mass is 10.2. The van der Waals surface area contributed by atoms with Crippen LogP contribution in [0.4, 0.5) is 5.69 Å². The van der Waals surface area contributed by atoms with Crippen LogP contribution in [0.2, 0.25) is 5.02 Å². The van der Waals surface area contributed by atoms with Crippen LogP contribution in [-0.2, 0) is 4.79 Å². The van der Waals surface area contributed by atoms with Gasteiger partial charge in [-0.15, -0.1) is 0 Å². The van der Waals surface area contributed by atoms with Crippen LogP contribution in [0.3, 0.4) is 0 Å². The first-order valence-corrected chi connectivity index (χ1v) is 9.41. The molecule has 3 aromatic carbocycles. The fourth-order valence-corrected chi connectivity index (χ4v) is 2.66. The van der Waals surface area contributed by atoms with Crippen molar-refractivity contribution in [1.29, 1.82) is 0 Å². The summed E-state index contributed by atoms with van der Waals surface area (Å²) in [6, 6.07) is 20.6. The van der Waals surface area contributed by atoms with Gasteiger partial charge in [0.2, 0.25) is 0 Å². The predicted molar refractivity (Wildman–Crippen MR) is 113 cm³/mol. The molecule has 29 heavy (non-hydrogen) atoms. The first-order valence-electron chi connectivity index (χ1n) is 9.03. The second-order valence-corrected chi connectivity index (χ2v) is 6.84. The highest BCUT2D eigenvalue weighted by molar-refractivity contribution is 6.31. The quantitative estimate of drug-likeness (QED) is 0.444. The smallest absolute Gasteiger partial charge is 0.352 e. The average molecular weight is 410 g/mol. The summed E-state index contributed by atoms with van der Waals surface area (Å²) in [7, 11) is 0. The van der Waals surface area contributed by atoms with E-state index in [2.05, 4.69) is 5.32 Å². The number of anilines is 1. The minimum Gasteiger partial charge on any atom is -0.479 e. The molecule has 1 N–H and O–H groups in total. The van der Waals surface area contributed by atoms with Crippen LogP contribution in [0, 0.1) is 6.92 Å². The molecule has 1 unspecified atom stereocenters. The summed E-state index contributed by atoms with van der Waals surface area (Å²) in [6.07, 6.45) is -0.809.